The van der Waals surface area contributed by atoms with Gasteiger partial charge in [0.1, 0.15) is 0 Å². The number of carbonyl (C=O) groups excluding carboxylic acids is 2. The van der Waals surface area contributed by atoms with Gasteiger partial charge in [-0.1, -0.05) is 44.8 Å². The number of allylic oxidation sites excluding steroid dienone is 2. The summed E-state index contributed by atoms with van der Waals surface area (Å²) in [5.74, 6) is -2.93. The summed E-state index contributed by atoms with van der Waals surface area (Å²) in [7, 11) is 0. The summed E-state index contributed by atoms with van der Waals surface area (Å²) in [6.45, 7) is 2.14. The van der Waals surface area contributed by atoms with E-state index in [0.717, 1.165) is 25.7 Å². The topological polar surface area (TPSA) is 95.5 Å². The van der Waals surface area contributed by atoms with E-state index in [4.69, 9.17) is 0 Å². The molecule has 0 spiro atoms. The highest BCUT2D eigenvalue weighted by molar-refractivity contribution is 5.88. The van der Waals surface area contributed by atoms with Crippen molar-refractivity contribution >= 4 is 17.8 Å². The van der Waals surface area contributed by atoms with Crippen LogP contribution in [0.5, 0.6) is 0 Å². The summed E-state index contributed by atoms with van der Waals surface area (Å²) in [5, 5.41) is 9.32. The Morgan fingerprint density at radius 3 is 2.30 bits per heavy atom. The first kappa shape index (κ1) is 17.5. The molecule has 2 rings (SSSR count). The van der Waals surface area contributed by atoms with E-state index < -0.39 is 23.7 Å². The number of rotatable bonds is 8. The van der Waals surface area contributed by atoms with Gasteiger partial charge in [0, 0.05) is 6.42 Å². The largest absolute Gasteiger partial charge is 0.481 e. The van der Waals surface area contributed by atoms with E-state index in [2.05, 4.69) is 17.8 Å². The molecule has 0 radical (unpaired) electrons. The predicted molar refractivity (Wildman–Crippen MR) is 85.0 cm³/mol. The van der Waals surface area contributed by atoms with Crippen LogP contribution in [0, 0.1) is 23.7 Å². The molecule has 0 aliphatic heterocycles. The summed E-state index contributed by atoms with van der Waals surface area (Å²) >= 11 is 0. The number of hydrogen-bond acceptors (Lipinski definition) is 3. The number of hydrogen-bond donors (Lipinski definition) is 3. The first-order valence-electron chi connectivity index (χ1n) is 8.54. The number of hydrazine groups is 1. The Morgan fingerprint density at radius 1 is 1.00 bits per heavy atom. The minimum absolute atomic E-state index is 0.0351. The number of aliphatic carboxylic acids is 1. The molecule has 4 atom stereocenters. The van der Waals surface area contributed by atoms with Gasteiger partial charge in [-0.15, -0.1) is 0 Å². The van der Waals surface area contributed by atoms with Crippen molar-refractivity contribution in [3.8, 4) is 0 Å². The van der Waals surface area contributed by atoms with Crippen LogP contribution in [-0.2, 0) is 14.4 Å². The standard InChI is InChI=1S/C17H26N2O4/c1-2-3-4-5-6-7-13(20)18-19-16(21)14-11-8-9-12(10-11)15(14)17(22)23/h8-9,11-12,14-15H,2-7,10H2,1H3,(H,18,20)(H,19,21)(H,22,23)/t11-,12+,14+,15+/m1/s1. The molecule has 2 bridgehead atoms. The van der Waals surface area contributed by atoms with Gasteiger partial charge in [0.15, 0.2) is 0 Å². The second kappa shape index (κ2) is 8.13. The molecule has 0 aromatic carbocycles. The van der Waals surface area contributed by atoms with Gasteiger partial charge in [-0.25, -0.2) is 0 Å². The lowest BCUT2D eigenvalue weighted by atomic mass is 9.82. The van der Waals surface area contributed by atoms with E-state index in [9.17, 15) is 19.5 Å². The Morgan fingerprint density at radius 2 is 1.65 bits per heavy atom. The number of nitrogens with one attached hydrogen (secondary N) is 2. The second-order valence-corrected chi connectivity index (χ2v) is 6.54. The maximum absolute atomic E-state index is 12.2. The van der Waals surface area contributed by atoms with Crippen LogP contribution in [0.3, 0.4) is 0 Å². The van der Waals surface area contributed by atoms with Gasteiger partial charge in [0.25, 0.3) is 0 Å². The van der Waals surface area contributed by atoms with E-state index in [1.165, 1.54) is 6.42 Å². The summed E-state index contributed by atoms with van der Waals surface area (Å²) in [4.78, 5) is 35.3. The van der Waals surface area contributed by atoms with Crippen LogP contribution in [0.15, 0.2) is 12.2 Å². The van der Waals surface area contributed by atoms with Crippen molar-refractivity contribution in [2.24, 2.45) is 23.7 Å². The smallest absolute Gasteiger partial charge is 0.307 e. The van der Waals surface area contributed by atoms with E-state index >= 15 is 0 Å². The molecular weight excluding hydrogens is 296 g/mol. The molecule has 6 heteroatoms. The number of amides is 2. The molecule has 0 aromatic heterocycles. The molecule has 1 fully saturated rings. The summed E-state index contributed by atoms with van der Waals surface area (Å²) in [5.41, 5.74) is 4.82. The van der Waals surface area contributed by atoms with Crippen molar-refractivity contribution in [3.05, 3.63) is 12.2 Å². The van der Waals surface area contributed by atoms with Crippen molar-refractivity contribution in [3.63, 3.8) is 0 Å². The Labute approximate surface area is 136 Å². The molecule has 1 saturated carbocycles. The summed E-state index contributed by atoms with van der Waals surface area (Å²) in [6.07, 6.45) is 10.2. The third kappa shape index (κ3) is 4.33. The van der Waals surface area contributed by atoms with Gasteiger partial charge < -0.3 is 5.11 Å². The van der Waals surface area contributed by atoms with Gasteiger partial charge in [-0.3, -0.25) is 25.2 Å². The van der Waals surface area contributed by atoms with Crippen molar-refractivity contribution in [1.29, 1.82) is 0 Å². The van der Waals surface area contributed by atoms with Crippen molar-refractivity contribution in [2.75, 3.05) is 0 Å². The minimum Gasteiger partial charge on any atom is -0.481 e. The lowest BCUT2D eigenvalue weighted by molar-refractivity contribution is -0.148. The lowest BCUT2D eigenvalue weighted by Crippen LogP contribution is -2.48. The third-order valence-electron chi connectivity index (χ3n) is 4.88. The van der Waals surface area contributed by atoms with Crippen molar-refractivity contribution in [1.82, 2.24) is 10.9 Å². The summed E-state index contributed by atoms with van der Waals surface area (Å²) < 4.78 is 0. The number of fused-ring (bicyclic) bond motifs is 2. The van der Waals surface area contributed by atoms with Crippen molar-refractivity contribution in [2.45, 2.75) is 51.9 Å². The van der Waals surface area contributed by atoms with Crippen LogP contribution in [0.1, 0.15) is 51.9 Å². The fourth-order valence-electron chi connectivity index (χ4n) is 3.68. The zero-order valence-corrected chi connectivity index (χ0v) is 13.6. The van der Waals surface area contributed by atoms with Gasteiger partial charge in [0.05, 0.1) is 11.8 Å². The molecule has 0 saturated heterocycles. The SMILES string of the molecule is CCCCCCCC(=O)NNC(=O)[C@@H]1[C@@H](C(=O)O)[C@H]2C=C[C@@H]1C2. The van der Waals surface area contributed by atoms with Crippen molar-refractivity contribution < 1.29 is 19.5 Å². The molecule has 0 unspecified atom stereocenters. The maximum atomic E-state index is 12.2. The van der Waals surface area contributed by atoms with Crippen LogP contribution in [-0.4, -0.2) is 22.9 Å². The molecule has 2 aliphatic rings. The highest BCUT2D eigenvalue weighted by atomic mass is 16.4. The molecule has 0 aromatic rings. The number of unbranched alkanes of at least 4 members (excludes halogenated alkanes) is 4. The van der Waals surface area contributed by atoms with Crippen LogP contribution in [0.2, 0.25) is 0 Å². The molecule has 0 heterocycles. The first-order chi connectivity index (χ1) is 11.0. The molecule has 2 aliphatic carbocycles. The monoisotopic (exact) mass is 322 g/mol. The van der Waals surface area contributed by atoms with Crippen LogP contribution in [0.25, 0.3) is 0 Å². The molecular formula is C17H26N2O4. The van der Waals surface area contributed by atoms with Gasteiger partial charge in [-0.2, -0.15) is 0 Å². The molecule has 128 valence electrons. The van der Waals surface area contributed by atoms with E-state index in [1.807, 2.05) is 12.2 Å². The highest BCUT2D eigenvalue weighted by Gasteiger charge is 2.51. The van der Waals surface area contributed by atoms with E-state index in [1.54, 1.807) is 0 Å². The predicted octanol–water partition coefficient (Wildman–Crippen LogP) is 2.02. The summed E-state index contributed by atoms with van der Waals surface area (Å²) in [6, 6.07) is 0. The van der Waals surface area contributed by atoms with Gasteiger partial charge >= 0.3 is 5.97 Å². The Hall–Kier alpha value is -1.85. The van der Waals surface area contributed by atoms with Crippen LogP contribution >= 0.6 is 0 Å². The molecule has 2 amide bonds. The fraction of sp³-hybridized carbons (Fsp3) is 0.706. The molecule has 3 N–H and O–H groups in total. The Balaban J connectivity index is 1.73. The van der Waals surface area contributed by atoms with Gasteiger partial charge in [0.2, 0.25) is 11.8 Å². The average Bonchev–Trinajstić information content (AvgIpc) is 3.13. The minimum atomic E-state index is -0.941. The maximum Gasteiger partial charge on any atom is 0.307 e. The highest BCUT2D eigenvalue weighted by Crippen LogP contribution is 2.48. The zero-order chi connectivity index (χ0) is 16.8. The van der Waals surface area contributed by atoms with Crippen LogP contribution in [0.4, 0.5) is 0 Å². The lowest BCUT2D eigenvalue weighted by Gasteiger charge is -2.23. The van der Waals surface area contributed by atoms with Crippen LogP contribution < -0.4 is 10.9 Å². The third-order valence-corrected chi connectivity index (χ3v) is 4.88. The quantitative estimate of drug-likeness (QED) is 0.362. The number of carboxylic acid groups (broad SMARTS) is 1. The molecule has 6 nitrogen and oxygen atoms in total. The molecule has 23 heavy (non-hydrogen) atoms. The fourth-order valence-corrected chi connectivity index (χ4v) is 3.68. The van der Waals surface area contributed by atoms with Gasteiger partial charge in [-0.05, 0) is 24.7 Å². The Kier molecular flexibility index (Phi) is 6.19. The number of carboxylic acids is 1. The Bertz CT molecular complexity index is 489. The normalized spacial score (nSPS) is 27.9. The van der Waals surface area contributed by atoms with E-state index in [0.29, 0.717) is 12.8 Å². The van der Waals surface area contributed by atoms with E-state index in [-0.39, 0.29) is 17.7 Å². The first-order valence-corrected chi connectivity index (χ1v) is 8.54. The zero-order valence-electron chi connectivity index (χ0n) is 13.6. The number of carbonyl (C=O) groups is 3. The average molecular weight is 322 g/mol. The second-order valence-electron chi connectivity index (χ2n) is 6.54.